The van der Waals surface area contributed by atoms with Gasteiger partial charge < -0.3 is 9.64 Å². The molecule has 1 aromatic rings. The maximum Gasteiger partial charge on any atom is 0.325 e. The third-order valence-electron chi connectivity index (χ3n) is 3.89. The molecule has 0 N–H and O–H groups in total. The Morgan fingerprint density at radius 2 is 1.95 bits per heavy atom. The van der Waals surface area contributed by atoms with Gasteiger partial charge in [-0.15, -0.1) is 11.8 Å². The van der Waals surface area contributed by atoms with E-state index in [1.54, 1.807) is 16.7 Å². The number of hydrogen-bond donors (Lipinski definition) is 0. The summed E-state index contributed by atoms with van der Waals surface area (Å²) in [5, 5.41) is 0. The molecule has 4 nitrogen and oxygen atoms in total. The highest BCUT2D eigenvalue weighted by Crippen LogP contribution is 2.27. The molecule has 1 fully saturated rings. The normalized spacial score (nSPS) is 15.0. The molecule has 0 unspecified atom stereocenters. The van der Waals surface area contributed by atoms with Crippen molar-refractivity contribution in [1.82, 2.24) is 4.90 Å². The van der Waals surface area contributed by atoms with Gasteiger partial charge >= 0.3 is 5.97 Å². The van der Waals surface area contributed by atoms with E-state index >= 15 is 0 Å². The molecule has 0 heterocycles. The number of methoxy groups -OCH3 is 1. The van der Waals surface area contributed by atoms with E-state index in [-0.39, 0.29) is 24.5 Å². The lowest BCUT2D eigenvalue weighted by Crippen LogP contribution is -2.42. The first-order valence-corrected chi connectivity index (χ1v) is 8.40. The van der Waals surface area contributed by atoms with Crippen LogP contribution in [0.1, 0.15) is 36.0 Å². The average molecular weight is 307 g/mol. The summed E-state index contributed by atoms with van der Waals surface area (Å²) in [6.45, 7) is 0.0305. The monoisotopic (exact) mass is 307 g/mol. The highest BCUT2D eigenvalue weighted by Gasteiger charge is 2.30. The maximum absolute atomic E-state index is 12.9. The molecule has 1 saturated carbocycles. The quantitative estimate of drug-likeness (QED) is 0.620. The molecule has 1 aliphatic carbocycles. The summed E-state index contributed by atoms with van der Waals surface area (Å²) >= 11 is 1.54. The first kappa shape index (κ1) is 15.9. The van der Waals surface area contributed by atoms with Crippen molar-refractivity contribution in [1.29, 1.82) is 0 Å². The van der Waals surface area contributed by atoms with Crippen molar-refractivity contribution in [3.05, 3.63) is 29.8 Å². The lowest BCUT2D eigenvalue weighted by Gasteiger charge is -2.28. The third kappa shape index (κ3) is 3.79. The van der Waals surface area contributed by atoms with Gasteiger partial charge in [0.25, 0.3) is 5.91 Å². The van der Waals surface area contributed by atoms with Crippen LogP contribution in [0.25, 0.3) is 0 Å². The zero-order chi connectivity index (χ0) is 15.2. The summed E-state index contributed by atoms with van der Waals surface area (Å²) in [6.07, 6.45) is 6.10. The zero-order valence-corrected chi connectivity index (χ0v) is 13.3. The van der Waals surface area contributed by atoms with Crippen LogP contribution >= 0.6 is 11.8 Å². The molecule has 1 amide bonds. The van der Waals surface area contributed by atoms with Crippen molar-refractivity contribution < 1.29 is 14.3 Å². The number of thioether (sulfide) groups is 1. The van der Waals surface area contributed by atoms with Crippen molar-refractivity contribution in [2.24, 2.45) is 0 Å². The maximum atomic E-state index is 12.9. The van der Waals surface area contributed by atoms with Gasteiger partial charge in [-0.2, -0.15) is 0 Å². The number of nitrogens with zero attached hydrogens (tertiary/aromatic N) is 1. The number of ether oxygens (including phenoxy) is 1. The second kappa shape index (κ2) is 7.50. The summed E-state index contributed by atoms with van der Waals surface area (Å²) < 4.78 is 4.74. The van der Waals surface area contributed by atoms with Gasteiger partial charge in [0.15, 0.2) is 0 Å². The summed E-state index contributed by atoms with van der Waals surface area (Å²) in [7, 11) is 1.36. The number of hydrogen-bond acceptors (Lipinski definition) is 4. The number of rotatable bonds is 5. The molecule has 21 heavy (non-hydrogen) atoms. The zero-order valence-electron chi connectivity index (χ0n) is 12.5. The fourth-order valence-electron chi connectivity index (χ4n) is 2.76. The minimum absolute atomic E-state index is 0.0305. The largest absolute Gasteiger partial charge is 0.468 e. The standard InChI is InChI=1S/C16H21NO3S/c1-20-15(18)11-17(12-7-3-4-8-12)16(19)13-9-5-6-10-14(13)21-2/h5-6,9-10,12H,3-4,7-8,11H2,1-2H3. The number of carbonyl (C=O) groups excluding carboxylic acids is 2. The van der Waals surface area contributed by atoms with E-state index in [2.05, 4.69) is 0 Å². The molecule has 0 radical (unpaired) electrons. The van der Waals surface area contributed by atoms with E-state index in [0.29, 0.717) is 5.56 Å². The summed E-state index contributed by atoms with van der Waals surface area (Å²) in [6, 6.07) is 7.68. The highest BCUT2D eigenvalue weighted by atomic mass is 32.2. The van der Waals surface area contributed by atoms with E-state index in [1.807, 2.05) is 30.5 Å². The molecule has 0 bridgehead atoms. The smallest absolute Gasteiger partial charge is 0.325 e. The van der Waals surface area contributed by atoms with Crippen LogP contribution in [0.5, 0.6) is 0 Å². The predicted molar refractivity (Wildman–Crippen MR) is 83.5 cm³/mol. The number of benzene rings is 1. The van der Waals surface area contributed by atoms with Crippen LogP contribution in [0, 0.1) is 0 Å². The lowest BCUT2D eigenvalue weighted by molar-refractivity contribution is -0.141. The van der Waals surface area contributed by atoms with Crippen LogP contribution in [0.3, 0.4) is 0 Å². The van der Waals surface area contributed by atoms with E-state index in [0.717, 1.165) is 30.6 Å². The molecule has 114 valence electrons. The second-order valence-electron chi connectivity index (χ2n) is 5.15. The fraction of sp³-hybridized carbons (Fsp3) is 0.500. The minimum atomic E-state index is -0.364. The topological polar surface area (TPSA) is 46.6 Å². The van der Waals surface area contributed by atoms with E-state index in [4.69, 9.17) is 4.74 Å². The van der Waals surface area contributed by atoms with Gasteiger partial charge in [-0.05, 0) is 31.2 Å². The average Bonchev–Trinajstić information content (AvgIpc) is 3.05. The Balaban J connectivity index is 2.26. The molecule has 1 aliphatic rings. The molecular formula is C16H21NO3S. The van der Waals surface area contributed by atoms with Crippen LogP contribution in [-0.2, 0) is 9.53 Å². The van der Waals surface area contributed by atoms with Crippen molar-refractivity contribution >= 4 is 23.6 Å². The SMILES string of the molecule is COC(=O)CN(C(=O)c1ccccc1SC)C1CCCC1. The van der Waals surface area contributed by atoms with Crippen LogP contribution in [0.15, 0.2) is 29.2 Å². The summed E-state index contributed by atoms with van der Waals surface area (Å²) in [4.78, 5) is 27.1. The lowest BCUT2D eigenvalue weighted by atomic mass is 10.1. The fourth-order valence-corrected chi connectivity index (χ4v) is 3.35. The first-order chi connectivity index (χ1) is 10.2. The Morgan fingerprint density at radius 3 is 2.57 bits per heavy atom. The van der Waals surface area contributed by atoms with Crippen LogP contribution in [-0.4, -0.2) is 42.7 Å². The summed E-state index contributed by atoms with van der Waals surface area (Å²) in [5.41, 5.74) is 0.667. The van der Waals surface area contributed by atoms with Crippen LogP contribution in [0.4, 0.5) is 0 Å². The van der Waals surface area contributed by atoms with Gasteiger partial charge in [0.05, 0.1) is 12.7 Å². The van der Waals surface area contributed by atoms with Gasteiger partial charge in [0.1, 0.15) is 6.54 Å². The Hall–Kier alpha value is -1.49. The van der Waals surface area contributed by atoms with E-state index in [1.165, 1.54) is 7.11 Å². The first-order valence-electron chi connectivity index (χ1n) is 7.18. The van der Waals surface area contributed by atoms with Gasteiger partial charge in [-0.25, -0.2) is 0 Å². The molecule has 0 aliphatic heterocycles. The number of carbonyl (C=O) groups is 2. The third-order valence-corrected chi connectivity index (χ3v) is 4.69. The van der Waals surface area contributed by atoms with Crippen LogP contribution in [0.2, 0.25) is 0 Å². The molecular weight excluding hydrogens is 286 g/mol. The predicted octanol–water partition coefficient (Wildman–Crippen LogP) is 2.97. The van der Waals surface area contributed by atoms with Crippen molar-refractivity contribution in [2.75, 3.05) is 19.9 Å². The summed E-state index contributed by atoms with van der Waals surface area (Å²) in [5.74, 6) is -0.436. The van der Waals surface area contributed by atoms with Crippen molar-refractivity contribution in [3.63, 3.8) is 0 Å². The highest BCUT2D eigenvalue weighted by molar-refractivity contribution is 7.98. The Kier molecular flexibility index (Phi) is 5.67. The van der Waals surface area contributed by atoms with E-state index < -0.39 is 0 Å². The Bertz CT molecular complexity index is 512. The van der Waals surface area contributed by atoms with Crippen molar-refractivity contribution in [3.8, 4) is 0 Å². The van der Waals surface area contributed by atoms with Gasteiger partial charge in [0, 0.05) is 10.9 Å². The molecule has 0 aromatic heterocycles. The Morgan fingerprint density at radius 1 is 1.29 bits per heavy atom. The molecule has 0 atom stereocenters. The van der Waals surface area contributed by atoms with E-state index in [9.17, 15) is 9.59 Å². The molecule has 5 heteroatoms. The molecule has 0 saturated heterocycles. The number of esters is 1. The number of amides is 1. The van der Waals surface area contributed by atoms with Crippen molar-refractivity contribution in [2.45, 2.75) is 36.6 Å². The van der Waals surface area contributed by atoms with Gasteiger partial charge in [-0.1, -0.05) is 25.0 Å². The Labute approximate surface area is 129 Å². The second-order valence-corrected chi connectivity index (χ2v) is 6.00. The minimum Gasteiger partial charge on any atom is -0.468 e. The van der Waals surface area contributed by atoms with Gasteiger partial charge in [-0.3, -0.25) is 9.59 Å². The molecule has 0 spiro atoms. The molecule has 2 rings (SSSR count). The van der Waals surface area contributed by atoms with Crippen LogP contribution < -0.4 is 0 Å². The van der Waals surface area contributed by atoms with Gasteiger partial charge in [0.2, 0.25) is 0 Å². The molecule has 1 aromatic carbocycles.